The highest BCUT2D eigenvalue weighted by Crippen LogP contribution is 2.23. The van der Waals surface area contributed by atoms with Gasteiger partial charge >= 0.3 is 0 Å². The number of nitrogens with one attached hydrogen (secondary N) is 1. The molecule has 0 bridgehead atoms. The highest BCUT2D eigenvalue weighted by atomic mass is 19.1. The van der Waals surface area contributed by atoms with Crippen molar-refractivity contribution in [1.82, 2.24) is 15.1 Å². The molecule has 1 aromatic carbocycles. The number of halogens is 2. The Morgan fingerprint density at radius 2 is 2.04 bits per heavy atom. The van der Waals surface area contributed by atoms with Crippen molar-refractivity contribution in [3.8, 4) is 0 Å². The van der Waals surface area contributed by atoms with E-state index in [9.17, 15) is 18.7 Å². The normalized spacial score (nSPS) is 15.0. The first-order valence-corrected chi connectivity index (χ1v) is 7.15. The summed E-state index contributed by atoms with van der Waals surface area (Å²) < 4.78 is 29.0. The van der Waals surface area contributed by atoms with Crippen molar-refractivity contribution in [2.75, 3.05) is 6.54 Å². The van der Waals surface area contributed by atoms with Gasteiger partial charge in [0.05, 0.1) is 18.7 Å². The number of benzene rings is 1. The minimum Gasteiger partial charge on any atom is -0.383 e. The lowest BCUT2D eigenvalue weighted by atomic mass is 9.97. The molecule has 2 unspecified atom stereocenters. The average molecular weight is 323 g/mol. The van der Waals surface area contributed by atoms with Gasteiger partial charge in [-0.15, -0.1) is 0 Å². The Morgan fingerprint density at radius 3 is 2.57 bits per heavy atom. The van der Waals surface area contributed by atoms with Crippen LogP contribution in [-0.4, -0.2) is 27.3 Å². The molecule has 0 saturated carbocycles. The molecule has 2 rings (SSSR count). The van der Waals surface area contributed by atoms with E-state index in [0.29, 0.717) is 5.56 Å². The molecule has 0 radical (unpaired) electrons. The SMILES string of the molecule is CC(C(=O)NCC(C)(O)c1cnn(C)c1)c1c(F)cccc1F. The van der Waals surface area contributed by atoms with E-state index in [4.69, 9.17) is 0 Å². The molecule has 2 aromatic rings. The third-order valence-corrected chi connectivity index (χ3v) is 3.76. The highest BCUT2D eigenvalue weighted by Gasteiger charge is 2.28. The second-order valence-electron chi connectivity index (χ2n) is 5.75. The summed E-state index contributed by atoms with van der Waals surface area (Å²) in [6, 6.07) is 3.45. The number of rotatable bonds is 5. The Hall–Kier alpha value is -2.28. The van der Waals surface area contributed by atoms with Crippen LogP contribution in [0, 0.1) is 11.6 Å². The van der Waals surface area contributed by atoms with E-state index in [0.717, 1.165) is 12.1 Å². The largest absolute Gasteiger partial charge is 0.383 e. The van der Waals surface area contributed by atoms with Crippen LogP contribution in [-0.2, 0) is 17.4 Å². The highest BCUT2D eigenvalue weighted by molar-refractivity contribution is 5.83. The maximum atomic E-state index is 13.7. The van der Waals surface area contributed by atoms with E-state index < -0.39 is 29.1 Å². The van der Waals surface area contributed by atoms with Crippen molar-refractivity contribution in [2.24, 2.45) is 7.05 Å². The molecule has 124 valence electrons. The molecular formula is C16H19F2N3O2. The molecule has 0 aliphatic heterocycles. The van der Waals surface area contributed by atoms with Gasteiger partial charge in [0.1, 0.15) is 17.2 Å². The smallest absolute Gasteiger partial charge is 0.227 e. The van der Waals surface area contributed by atoms with Crippen molar-refractivity contribution in [2.45, 2.75) is 25.4 Å². The quantitative estimate of drug-likeness (QED) is 0.882. The van der Waals surface area contributed by atoms with Gasteiger partial charge in [-0.05, 0) is 26.0 Å². The first-order valence-electron chi connectivity index (χ1n) is 7.15. The molecule has 0 aliphatic carbocycles. The number of aliphatic hydroxyl groups is 1. The number of nitrogens with zero attached hydrogens (tertiary/aromatic N) is 2. The van der Waals surface area contributed by atoms with E-state index >= 15 is 0 Å². The van der Waals surface area contributed by atoms with Gasteiger partial charge in [0.15, 0.2) is 0 Å². The second kappa shape index (κ2) is 6.45. The second-order valence-corrected chi connectivity index (χ2v) is 5.75. The minimum absolute atomic E-state index is 0.0993. The number of carbonyl (C=O) groups is 1. The zero-order valence-corrected chi connectivity index (χ0v) is 13.2. The van der Waals surface area contributed by atoms with Crippen LogP contribution >= 0.6 is 0 Å². The van der Waals surface area contributed by atoms with Crippen LogP contribution in [0.25, 0.3) is 0 Å². The van der Waals surface area contributed by atoms with Crippen LogP contribution < -0.4 is 5.32 Å². The number of amides is 1. The summed E-state index contributed by atoms with van der Waals surface area (Å²) in [5.74, 6) is -3.13. The van der Waals surface area contributed by atoms with E-state index in [1.165, 1.54) is 30.8 Å². The molecule has 2 atom stereocenters. The molecule has 2 N–H and O–H groups in total. The van der Waals surface area contributed by atoms with Crippen molar-refractivity contribution in [1.29, 1.82) is 0 Å². The molecule has 7 heteroatoms. The van der Waals surface area contributed by atoms with Gasteiger partial charge in [-0.25, -0.2) is 8.78 Å². The van der Waals surface area contributed by atoms with Crippen LogP contribution in [0.5, 0.6) is 0 Å². The van der Waals surface area contributed by atoms with Gasteiger partial charge in [0.25, 0.3) is 0 Å². The Balaban J connectivity index is 2.07. The van der Waals surface area contributed by atoms with Crippen LogP contribution in [0.3, 0.4) is 0 Å². The zero-order valence-electron chi connectivity index (χ0n) is 13.2. The summed E-state index contributed by atoms with van der Waals surface area (Å²) in [4.78, 5) is 12.2. The van der Waals surface area contributed by atoms with E-state index in [2.05, 4.69) is 10.4 Å². The van der Waals surface area contributed by atoms with Gasteiger partial charge < -0.3 is 10.4 Å². The Bertz CT molecular complexity index is 693. The lowest BCUT2D eigenvalue weighted by molar-refractivity contribution is -0.123. The van der Waals surface area contributed by atoms with Crippen molar-refractivity contribution < 1.29 is 18.7 Å². The molecule has 0 saturated heterocycles. The number of hydrogen-bond acceptors (Lipinski definition) is 3. The predicted octanol–water partition coefficient (Wildman–Crippen LogP) is 1.83. The van der Waals surface area contributed by atoms with Crippen molar-refractivity contribution in [3.05, 3.63) is 53.4 Å². The molecule has 23 heavy (non-hydrogen) atoms. The summed E-state index contributed by atoms with van der Waals surface area (Å²) in [7, 11) is 1.71. The standard InChI is InChI=1S/C16H19F2N3O2/c1-10(14-12(17)5-4-6-13(14)18)15(22)19-9-16(2,23)11-7-20-21(3)8-11/h4-8,10,23H,9H2,1-3H3,(H,19,22). The van der Waals surface area contributed by atoms with Crippen LogP contribution in [0.15, 0.2) is 30.6 Å². The number of aryl methyl sites for hydroxylation is 1. The fraction of sp³-hybridized carbons (Fsp3) is 0.375. The molecule has 1 amide bonds. The molecule has 1 aromatic heterocycles. The maximum Gasteiger partial charge on any atom is 0.227 e. The third-order valence-electron chi connectivity index (χ3n) is 3.76. The Morgan fingerprint density at radius 1 is 1.43 bits per heavy atom. The lowest BCUT2D eigenvalue weighted by Crippen LogP contribution is -2.40. The fourth-order valence-electron chi connectivity index (χ4n) is 2.27. The summed E-state index contributed by atoms with van der Waals surface area (Å²) in [6.45, 7) is 2.84. The Kier molecular flexibility index (Phi) is 4.79. The topological polar surface area (TPSA) is 67.2 Å². The summed E-state index contributed by atoms with van der Waals surface area (Å²) in [6.07, 6.45) is 3.12. The first kappa shape index (κ1) is 17.1. The minimum atomic E-state index is -1.34. The van der Waals surface area contributed by atoms with Gasteiger partial charge in [0, 0.05) is 24.4 Å². The maximum absolute atomic E-state index is 13.7. The first-order chi connectivity index (χ1) is 10.7. The summed E-state index contributed by atoms with van der Waals surface area (Å²) in [5, 5.41) is 16.9. The number of carbonyl (C=O) groups excluding carboxylic acids is 1. The van der Waals surface area contributed by atoms with Gasteiger partial charge in [-0.1, -0.05) is 6.07 Å². The van der Waals surface area contributed by atoms with Gasteiger partial charge in [0.2, 0.25) is 5.91 Å². The average Bonchev–Trinajstić information content (AvgIpc) is 2.92. The van der Waals surface area contributed by atoms with Crippen LogP contribution in [0.2, 0.25) is 0 Å². The number of hydrogen-bond donors (Lipinski definition) is 2. The predicted molar refractivity (Wildman–Crippen MR) is 80.6 cm³/mol. The summed E-state index contributed by atoms with van der Waals surface area (Å²) >= 11 is 0. The van der Waals surface area contributed by atoms with Gasteiger partial charge in [-0.2, -0.15) is 5.10 Å². The molecule has 0 fully saturated rings. The molecular weight excluding hydrogens is 304 g/mol. The van der Waals surface area contributed by atoms with E-state index in [1.54, 1.807) is 13.2 Å². The molecule has 0 spiro atoms. The van der Waals surface area contributed by atoms with Crippen LogP contribution in [0.4, 0.5) is 8.78 Å². The zero-order chi connectivity index (χ0) is 17.2. The molecule has 0 aliphatic rings. The molecule has 1 heterocycles. The lowest BCUT2D eigenvalue weighted by Gasteiger charge is -2.23. The number of aromatic nitrogens is 2. The van der Waals surface area contributed by atoms with Crippen LogP contribution in [0.1, 0.15) is 30.9 Å². The van der Waals surface area contributed by atoms with Crippen molar-refractivity contribution in [3.63, 3.8) is 0 Å². The third kappa shape index (κ3) is 3.73. The summed E-state index contributed by atoms with van der Waals surface area (Å²) in [5.41, 5.74) is -1.09. The molecule has 5 nitrogen and oxygen atoms in total. The fourth-order valence-corrected chi connectivity index (χ4v) is 2.27. The monoisotopic (exact) mass is 323 g/mol. The van der Waals surface area contributed by atoms with Gasteiger partial charge in [-0.3, -0.25) is 9.48 Å². The van der Waals surface area contributed by atoms with E-state index in [1.807, 2.05) is 0 Å². The van der Waals surface area contributed by atoms with E-state index in [-0.39, 0.29) is 12.1 Å². The Labute approximate surface area is 132 Å². The van der Waals surface area contributed by atoms with Crippen molar-refractivity contribution >= 4 is 5.91 Å².